The van der Waals surface area contributed by atoms with E-state index in [1.807, 2.05) is 32.2 Å². The van der Waals surface area contributed by atoms with E-state index in [-0.39, 0.29) is 11.9 Å². The molecule has 0 radical (unpaired) electrons. The maximum absolute atomic E-state index is 13.7. The number of ether oxygens (including phenoxy) is 1. The number of nitrogens with one attached hydrogen (secondary N) is 1. The zero-order valence-corrected chi connectivity index (χ0v) is 12.8. The average Bonchev–Trinajstić information content (AvgIpc) is 2.86. The minimum Gasteiger partial charge on any atom is -0.493 e. The highest BCUT2D eigenvalue weighted by atomic mass is 35.5. The summed E-state index contributed by atoms with van der Waals surface area (Å²) in [6.07, 6.45) is 0.863. The highest BCUT2D eigenvalue weighted by molar-refractivity contribution is 6.30. The van der Waals surface area contributed by atoms with Crippen molar-refractivity contribution in [3.8, 4) is 5.75 Å². The van der Waals surface area contributed by atoms with E-state index < -0.39 is 0 Å². The Hall–Kier alpha value is -1.58. The van der Waals surface area contributed by atoms with Gasteiger partial charge in [0.25, 0.3) is 0 Å². The minimum atomic E-state index is -0.232. The zero-order chi connectivity index (χ0) is 15.0. The highest BCUT2D eigenvalue weighted by Gasteiger charge is 2.24. The van der Waals surface area contributed by atoms with Crippen molar-refractivity contribution in [3.05, 3.63) is 63.4 Å². The molecule has 0 aliphatic carbocycles. The van der Waals surface area contributed by atoms with Crippen molar-refractivity contribution in [1.29, 1.82) is 0 Å². The van der Waals surface area contributed by atoms with Gasteiger partial charge in [0.15, 0.2) is 0 Å². The zero-order valence-electron chi connectivity index (χ0n) is 12.0. The van der Waals surface area contributed by atoms with Crippen LogP contribution >= 0.6 is 11.6 Å². The summed E-state index contributed by atoms with van der Waals surface area (Å²) >= 11 is 6.22. The number of halogens is 2. The molecular formula is C17H17ClFNO. The molecule has 2 aromatic rings. The molecule has 21 heavy (non-hydrogen) atoms. The van der Waals surface area contributed by atoms with Gasteiger partial charge in [-0.25, -0.2) is 4.39 Å². The van der Waals surface area contributed by atoms with Gasteiger partial charge in [-0.1, -0.05) is 17.7 Å². The Kier molecular flexibility index (Phi) is 3.87. The van der Waals surface area contributed by atoms with Crippen molar-refractivity contribution < 1.29 is 9.13 Å². The summed E-state index contributed by atoms with van der Waals surface area (Å²) in [6.45, 7) is 2.56. The lowest BCUT2D eigenvalue weighted by Crippen LogP contribution is -2.19. The number of rotatable bonds is 3. The summed E-state index contributed by atoms with van der Waals surface area (Å²) in [6, 6.07) is 8.74. The van der Waals surface area contributed by atoms with Gasteiger partial charge in [0.2, 0.25) is 0 Å². The van der Waals surface area contributed by atoms with Crippen LogP contribution in [0, 0.1) is 12.7 Å². The van der Waals surface area contributed by atoms with Crippen molar-refractivity contribution in [2.45, 2.75) is 19.4 Å². The summed E-state index contributed by atoms with van der Waals surface area (Å²) < 4.78 is 19.5. The third kappa shape index (κ3) is 2.76. The molecule has 0 aromatic heterocycles. The predicted octanol–water partition coefficient (Wildman–Crippen LogP) is 4.03. The number of hydrogen-bond acceptors (Lipinski definition) is 2. The van der Waals surface area contributed by atoms with Crippen molar-refractivity contribution in [2.24, 2.45) is 0 Å². The van der Waals surface area contributed by atoms with Gasteiger partial charge >= 0.3 is 0 Å². The van der Waals surface area contributed by atoms with Crippen LogP contribution in [0.15, 0.2) is 30.3 Å². The largest absolute Gasteiger partial charge is 0.493 e. The van der Waals surface area contributed by atoms with E-state index in [1.54, 1.807) is 6.07 Å². The molecule has 1 heterocycles. The average molecular weight is 306 g/mol. The first-order valence-corrected chi connectivity index (χ1v) is 7.36. The van der Waals surface area contributed by atoms with Gasteiger partial charge < -0.3 is 10.1 Å². The van der Waals surface area contributed by atoms with Crippen LogP contribution in [0.2, 0.25) is 5.02 Å². The van der Waals surface area contributed by atoms with Gasteiger partial charge in [0, 0.05) is 17.0 Å². The molecule has 4 heteroatoms. The lowest BCUT2D eigenvalue weighted by Gasteiger charge is -2.21. The molecule has 0 spiro atoms. The molecule has 1 N–H and O–H groups in total. The molecule has 0 bridgehead atoms. The van der Waals surface area contributed by atoms with E-state index in [2.05, 4.69) is 5.32 Å². The molecule has 110 valence electrons. The Labute approximate surface area is 128 Å². The van der Waals surface area contributed by atoms with Gasteiger partial charge in [-0.05, 0) is 54.9 Å². The third-order valence-electron chi connectivity index (χ3n) is 3.77. The van der Waals surface area contributed by atoms with Crippen molar-refractivity contribution in [1.82, 2.24) is 5.32 Å². The van der Waals surface area contributed by atoms with Crippen LogP contribution in [0.5, 0.6) is 5.75 Å². The van der Waals surface area contributed by atoms with E-state index in [0.29, 0.717) is 11.6 Å². The van der Waals surface area contributed by atoms with Crippen LogP contribution in [0.25, 0.3) is 0 Å². The molecule has 1 unspecified atom stereocenters. The van der Waals surface area contributed by atoms with E-state index in [4.69, 9.17) is 16.3 Å². The number of benzene rings is 2. The van der Waals surface area contributed by atoms with Crippen LogP contribution in [0.3, 0.4) is 0 Å². The molecule has 0 saturated heterocycles. The first-order chi connectivity index (χ1) is 10.1. The monoisotopic (exact) mass is 305 g/mol. The van der Waals surface area contributed by atoms with Crippen molar-refractivity contribution in [2.75, 3.05) is 13.7 Å². The molecule has 3 rings (SSSR count). The standard InChI is InChI=1S/C17H17ClFNO/c1-10-5-12(8-14(19)6-10)16(20-2)15-9-13(18)7-11-3-4-21-17(11)15/h5-9,16,20H,3-4H2,1-2H3. The van der Waals surface area contributed by atoms with E-state index in [0.717, 1.165) is 34.4 Å². The fraction of sp³-hybridized carbons (Fsp3) is 0.294. The lowest BCUT2D eigenvalue weighted by atomic mass is 9.95. The Morgan fingerprint density at radius 2 is 2.05 bits per heavy atom. The van der Waals surface area contributed by atoms with Gasteiger partial charge in [0.05, 0.1) is 12.6 Å². The SMILES string of the molecule is CNC(c1cc(C)cc(F)c1)c1cc(Cl)cc2c1OCC2. The fourth-order valence-corrected chi connectivity index (χ4v) is 3.19. The van der Waals surface area contributed by atoms with Crippen LogP contribution < -0.4 is 10.1 Å². The molecule has 2 nitrogen and oxygen atoms in total. The Morgan fingerprint density at radius 3 is 2.76 bits per heavy atom. The molecule has 1 aliphatic heterocycles. The first-order valence-electron chi connectivity index (χ1n) is 6.98. The fourth-order valence-electron chi connectivity index (χ4n) is 2.95. The second-order valence-electron chi connectivity index (χ2n) is 5.37. The molecule has 2 aromatic carbocycles. The lowest BCUT2D eigenvalue weighted by molar-refractivity contribution is 0.351. The number of hydrogen-bond donors (Lipinski definition) is 1. The van der Waals surface area contributed by atoms with Crippen LogP contribution in [0.4, 0.5) is 4.39 Å². The summed E-state index contributed by atoms with van der Waals surface area (Å²) in [5.74, 6) is 0.644. The first kappa shape index (κ1) is 14.4. The molecule has 0 fully saturated rings. The molecule has 0 saturated carbocycles. The highest BCUT2D eigenvalue weighted by Crippen LogP contribution is 2.38. The van der Waals surface area contributed by atoms with E-state index in [1.165, 1.54) is 6.07 Å². The Morgan fingerprint density at radius 1 is 1.24 bits per heavy atom. The molecular weight excluding hydrogens is 289 g/mol. The molecule has 0 amide bonds. The van der Waals surface area contributed by atoms with Crippen LogP contribution in [0.1, 0.15) is 28.3 Å². The minimum absolute atomic E-state index is 0.148. The third-order valence-corrected chi connectivity index (χ3v) is 3.99. The summed E-state index contributed by atoms with van der Waals surface area (Å²) in [5, 5.41) is 3.92. The second kappa shape index (κ2) is 5.66. The smallest absolute Gasteiger partial charge is 0.127 e. The van der Waals surface area contributed by atoms with Gasteiger partial charge in [-0.15, -0.1) is 0 Å². The summed E-state index contributed by atoms with van der Waals surface area (Å²) in [5.41, 5.74) is 3.84. The van der Waals surface area contributed by atoms with Gasteiger partial charge in [0.1, 0.15) is 11.6 Å². The topological polar surface area (TPSA) is 21.3 Å². The Bertz CT molecular complexity index is 666. The summed E-state index contributed by atoms with van der Waals surface area (Å²) in [7, 11) is 1.85. The van der Waals surface area contributed by atoms with E-state index >= 15 is 0 Å². The van der Waals surface area contributed by atoms with Crippen molar-refractivity contribution in [3.63, 3.8) is 0 Å². The normalized spacial score (nSPS) is 14.7. The quantitative estimate of drug-likeness (QED) is 0.924. The molecule has 1 atom stereocenters. The van der Waals surface area contributed by atoms with Crippen LogP contribution in [-0.2, 0) is 6.42 Å². The van der Waals surface area contributed by atoms with Crippen LogP contribution in [-0.4, -0.2) is 13.7 Å². The van der Waals surface area contributed by atoms with Crippen molar-refractivity contribution >= 4 is 11.6 Å². The van der Waals surface area contributed by atoms with Gasteiger partial charge in [-0.2, -0.15) is 0 Å². The maximum Gasteiger partial charge on any atom is 0.127 e. The molecule has 1 aliphatic rings. The Balaban J connectivity index is 2.12. The second-order valence-corrected chi connectivity index (χ2v) is 5.80. The number of aryl methyl sites for hydroxylation is 1. The maximum atomic E-state index is 13.7. The number of fused-ring (bicyclic) bond motifs is 1. The van der Waals surface area contributed by atoms with E-state index in [9.17, 15) is 4.39 Å². The van der Waals surface area contributed by atoms with Gasteiger partial charge in [-0.3, -0.25) is 0 Å². The summed E-state index contributed by atoms with van der Waals surface area (Å²) in [4.78, 5) is 0. The predicted molar refractivity (Wildman–Crippen MR) is 82.7 cm³/mol.